The minimum absolute atomic E-state index is 0.295. The van der Waals surface area contributed by atoms with E-state index in [4.69, 9.17) is 9.84 Å². The number of aryl methyl sites for hydroxylation is 1. The van der Waals surface area contributed by atoms with Crippen LogP contribution in [-0.4, -0.2) is 45.1 Å². The Morgan fingerprint density at radius 3 is 2.50 bits per heavy atom. The molecule has 2 amide bonds. The molecule has 9 heteroatoms. The van der Waals surface area contributed by atoms with Crippen LogP contribution in [-0.2, 0) is 16.6 Å². The van der Waals surface area contributed by atoms with Crippen LogP contribution < -0.4 is 15.4 Å². The number of aliphatic carboxylic acids is 1. The van der Waals surface area contributed by atoms with E-state index in [1.165, 1.54) is 31.6 Å². The van der Waals surface area contributed by atoms with Crippen molar-refractivity contribution in [2.45, 2.75) is 56.4 Å². The van der Waals surface area contributed by atoms with E-state index >= 15 is 0 Å². The van der Waals surface area contributed by atoms with E-state index in [0.717, 1.165) is 47.6 Å². The lowest BCUT2D eigenvalue weighted by Gasteiger charge is -2.40. The average Bonchev–Trinajstić information content (AvgIpc) is 3.64. The van der Waals surface area contributed by atoms with E-state index in [1.54, 1.807) is 18.2 Å². The predicted molar refractivity (Wildman–Crippen MR) is 170 cm³/mol. The Bertz CT molecular complexity index is 1760. The molecule has 2 heterocycles. The molecule has 2 saturated carbocycles. The molecule has 0 unspecified atom stereocenters. The first-order chi connectivity index (χ1) is 21.3. The number of nitrogens with one attached hydrogen (secondary N) is 2. The maximum atomic E-state index is 13.7. The third-order valence-electron chi connectivity index (χ3n) is 9.06. The molecule has 2 aromatic carbocycles. The van der Waals surface area contributed by atoms with Crippen molar-refractivity contribution >= 4 is 40.4 Å². The van der Waals surface area contributed by atoms with Crippen LogP contribution in [0.4, 0.5) is 5.69 Å². The van der Waals surface area contributed by atoms with Crippen LogP contribution in [0.25, 0.3) is 28.4 Å². The number of carbonyl (C=O) groups is 3. The van der Waals surface area contributed by atoms with Crippen LogP contribution in [0.5, 0.6) is 5.75 Å². The highest BCUT2D eigenvalue weighted by Crippen LogP contribution is 2.44. The third-order valence-corrected chi connectivity index (χ3v) is 9.06. The number of hydrogen-bond acceptors (Lipinski definition) is 5. The Morgan fingerprint density at radius 2 is 1.84 bits per heavy atom. The van der Waals surface area contributed by atoms with Gasteiger partial charge in [0.05, 0.1) is 18.5 Å². The largest absolute Gasteiger partial charge is 0.496 e. The van der Waals surface area contributed by atoms with Crippen LogP contribution in [0, 0.1) is 0 Å². The highest BCUT2D eigenvalue weighted by atomic mass is 16.5. The monoisotopic (exact) mass is 592 g/mol. The molecule has 0 atom stereocenters. The van der Waals surface area contributed by atoms with Gasteiger partial charge in [-0.3, -0.25) is 14.6 Å². The fraction of sp³-hybridized carbons (Fsp3) is 0.314. The molecule has 0 bridgehead atoms. The van der Waals surface area contributed by atoms with Gasteiger partial charge in [0.2, 0.25) is 5.91 Å². The topological polar surface area (TPSA) is 123 Å². The minimum Gasteiger partial charge on any atom is -0.496 e. The Kier molecular flexibility index (Phi) is 7.95. The molecule has 226 valence electrons. The summed E-state index contributed by atoms with van der Waals surface area (Å²) in [5.74, 6) is -0.783. The quantitative estimate of drug-likeness (QED) is 0.196. The SMILES string of the molecule is COc1cc(NC(=O)C2(NC(=O)c3ccc4c(C5CCCC5)c(-c5ccccn5)n(C)c4c3)CCC2)ccc1/C=C/C(=O)O. The van der Waals surface area contributed by atoms with Crippen molar-refractivity contribution in [3.63, 3.8) is 0 Å². The third kappa shape index (κ3) is 5.45. The van der Waals surface area contributed by atoms with Crippen molar-refractivity contribution in [3.05, 3.63) is 83.6 Å². The average molecular weight is 593 g/mol. The summed E-state index contributed by atoms with van der Waals surface area (Å²) in [6.45, 7) is 0. The first-order valence-corrected chi connectivity index (χ1v) is 15.1. The van der Waals surface area contributed by atoms with Gasteiger partial charge in [-0.2, -0.15) is 0 Å². The number of nitrogens with zero attached hydrogens (tertiary/aromatic N) is 2. The van der Waals surface area contributed by atoms with Crippen LogP contribution in [0.2, 0.25) is 0 Å². The molecule has 0 saturated heterocycles. The van der Waals surface area contributed by atoms with E-state index in [1.807, 2.05) is 49.6 Å². The van der Waals surface area contributed by atoms with Gasteiger partial charge < -0.3 is 25.0 Å². The molecule has 0 spiro atoms. The Labute approximate surface area is 255 Å². The Balaban J connectivity index is 1.26. The number of aromatic nitrogens is 2. The number of rotatable bonds is 9. The summed E-state index contributed by atoms with van der Waals surface area (Å²) in [4.78, 5) is 42.8. The summed E-state index contributed by atoms with van der Waals surface area (Å²) < 4.78 is 7.54. The van der Waals surface area contributed by atoms with E-state index in [2.05, 4.69) is 20.2 Å². The minimum atomic E-state index is -1.07. The van der Waals surface area contributed by atoms with Gasteiger partial charge >= 0.3 is 5.97 Å². The summed E-state index contributed by atoms with van der Waals surface area (Å²) in [6.07, 6.45) is 10.9. The first kappa shape index (κ1) is 29.2. The van der Waals surface area contributed by atoms with Crippen molar-refractivity contribution in [2.24, 2.45) is 7.05 Å². The number of pyridine rings is 1. The van der Waals surface area contributed by atoms with E-state index < -0.39 is 11.5 Å². The Morgan fingerprint density at radius 1 is 1.05 bits per heavy atom. The first-order valence-electron chi connectivity index (χ1n) is 15.1. The number of carbonyl (C=O) groups excluding carboxylic acids is 2. The second-order valence-corrected chi connectivity index (χ2v) is 11.7. The van der Waals surface area contributed by atoms with Crippen molar-refractivity contribution in [2.75, 3.05) is 12.4 Å². The van der Waals surface area contributed by atoms with Gasteiger partial charge in [-0.05, 0) is 86.1 Å². The highest BCUT2D eigenvalue weighted by molar-refractivity contribution is 6.06. The van der Waals surface area contributed by atoms with Crippen LogP contribution in [0.3, 0.4) is 0 Å². The summed E-state index contributed by atoms with van der Waals surface area (Å²) in [6, 6.07) is 16.8. The number of ether oxygens (including phenoxy) is 1. The summed E-state index contributed by atoms with van der Waals surface area (Å²) in [5, 5.41) is 16.1. The number of hydrogen-bond donors (Lipinski definition) is 3. The van der Waals surface area contributed by atoms with Gasteiger partial charge in [-0.1, -0.05) is 25.0 Å². The van der Waals surface area contributed by atoms with Crippen LogP contribution in [0.15, 0.2) is 66.9 Å². The molecule has 2 aliphatic rings. The van der Waals surface area contributed by atoms with Crippen molar-refractivity contribution in [1.29, 1.82) is 0 Å². The molecule has 3 N–H and O–H groups in total. The van der Waals surface area contributed by atoms with Gasteiger partial charge in [0.1, 0.15) is 11.3 Å². The molecule has 4 aromatic rings. The maximum absolute atomic E-state index is 13.7. The lowest BCUT2D eigenvalue weighted by atomic mass is 9.75. The molecular formula is C35H36N4O5. The second kappa shape index (κ2) is 12.0. The zero-order valence-electron chi connectivity index (χ0n) is 24.9. The summed E-state index contributed by atoms with van der Waals surface area (Å²) >= 11 is 0. The summed E-state index contributed by atoms with van der Waals surface area (Å²) in [7, 11) is 3.51. The van der Waals surface area contributed by atoms with E-state index in [-0.39, 0.29) is 11.8 Å². The number of fused-ring (bicyclic) bond motifs is 1. The van der Waals surface area contributed by atoms with Gasteiger partial charge in [0.15, 0.2) is 0 Å². The normalized spacial score (nSPS) is 16.1. The predicted octanol–water partition coefficient (Wildman–Crippen LogP) is 6.30. The van der Waals surface area contributed by atoms with E-state index in [0.29, 0.717) is 41.3 Å². The van der Waals surface area contributed by atoms with E-state index in [9.17, 15) is 14.4 Å². The Hall–Kier alpha value is -4.92. The molecule has 0 radical (unpaired) electrons. The number of methoxy groups -OCH3 is 1. The number of amides is 2. The molecular weight excluding hydrogens is 556 g/mol. The van der Waals surface area contributed by atoms with Gasteiger partial charge in [0.25, 0.3) is 5.91 Å². The smallest absolute Gasteiger partial charge is 0.328 e. The molecule has 2 aliphatic carbocycles. The fourth-order valence-corrected chi connectivity index (χ4v) is 6.61. The number of anilines is 1. The number of carboxylic acid groups (broad SMARTS) is 1. The van der Waals surface area contributed by atoms with Crippen molar-refractivity contribution in [1.82, 2.24) is 14.9 Å². The highest BCUT2D eigenvalue weighted by Gasteiger charge is 2.45. The fourth-order valence-electron chi connectivity index (χ4n) is 6.61. The van der Waals surface area contributed by atoms with Gasteiger partial charge in [-0.15, -0.1) is 0 Å². The molecule has 2 aromatic heterocycles. The van der Waals surface area contributed by atoms with Gasteiger partial charge in [-0.25, -0.2) is 4.79 Å². The zero-order valence-corrected chi connectivity index (χ0v) is 24.9. The van der Waals surface area contributed by atoms with Crippen LogP contribution >= 0.6 is 0 Å². The molecule has 9 nitrogen and oxygen atoms in total. The van der Waals surface area contributed by atoms with Gasteiger partial charge in [0, 0.05) is 53.1 Å². The molecule has 44 heavy (non-hydrogen) atoms. The number of benzene rings is 2. The van der Waals surface area contributed by atoms with Crippen LogP contribution in [0.1, 0.15) is 72.3 Å². The standard InChI is InChI=1S/C35H36N4O5/c1-39-28-20-24(12-15-26(28)31(23-8-3-4-9-23)32(39)27-10-5-6-19-36-27)33(42)38-35(17-7-18-35)34(43)37-25-14-11-22(13-16-30(40)41)29(21-25)44-2/h5-6,10-16,19-21,23H,3-4,7-9,17-18H2,1-2H3,(H,37,43)(H,38,42)(H,40,41)/b16-13+. The molecule has 0 aliphatic heterocycles. The second-order valence-electron chi connectivity index (χ2n) is 11.7. The van der Waals surface area contributed by atoms with Crippen molar-refractivity contribution in [3.8, 4) is 17.1 Å². The lowest BCUT2D eigenvalue weighted by molar-refractivity contribution is -0.131. The van der Waals surface area contributed by atoms with Crippen molar-refractivity contribution < 1.29 is 24.2 Å². The lowest BCUT2D eigenvalue weighted by Crippen LogP contribution is -2.61. The molecule has 2 fully saturated rings. The number of carboxylic acids is 1. The maximum Gasteiger partial charge on any atom is 0.328 e. The summed E-state index contributed by atoms with van der Waals surface area (Å²) in [5.41, 5.74) is 4.83. The zero-order chi connectivity index (χ0) is 30.8. The molecule has 6 rings (SSSR count).